The van der Waals surface area contributed by atoms with Crippen LogP contribution in [0.3, 0.4) is 0 Å². The first kappa shape index (κ1) is 14.5. The molecular formula is C17H19N3O2. The molecule has 2 heterocycles. The standard InChI is InChI=1S/C17H19N3O2/c1-12-11-20(8-7-18-12)17(22)15-10-19-16(21)9-14(15)13-5-3-2-4-6-13/h2-6,9-10,12,18H,7-8,11H2,1H3,(H,19,21)/t12-/m1/s1. The number of benzene rings is 1. The lowest BCUT2D eigenvalue weighted by Crippen LogP contribution is -2.51. The lowest BCUT2D eigenvalue weighted by Gasteiger charge is -2.32. The van der Waals surface area contributed by atoms with Gasteiger partial charge in [0.25, 0.3) is 5.91 Å². The molecule has 114 valence electrons. The van der Waals surface area contributed by atoms with Crippen molar-refractivity contribution < 1.29 is 4.79 Å². The molecule has 0 bridgehead atoms. The van der Waals surface area contributed by atoms with Crippen molar-refractivity contribution in [2.75, 3.05) is 19.6 Å². The highest BCUT2D eigenvalue weighted by atomic mass is 16.2. The van der Waals surface area contributed by atoms with E-state index in [1.807, 2.05) is 35.2 Å². The van der Waals surface area contributed by atoms with Crippen LogP contribution in [0, 0.1) is 0 Å². The lowest BCUT2D eigenvalue weighted by atomic mass is 10.0. The molecule has 1 aromatic heterocycles. The van der Waals surface area contributed by atoms with Crippen LogP contribution < -0.4 is 10.9 Å². The Morgan fingerprint density at radius 2 is 2.05 bits per heavy atom. The van der Waals surface area contributed by atoms with Gasteiger partial charge < -0.3 is 15.2 Å². The van der Waals surface area contributed by atoms with Gasteiger partial charge in [0, 0.05) is 43.5 Å². The van der Waals surface area contributed by atoms with Crippen molar-refractivity contribution in [2.45, 2.75) is 13.0 Å². The van der Waals surface area contributed by atoms with E-state index < -0.39 is 0 Å². The molecule has 22 heavy (non-hydrogen) atoms. The molecule has 0 unspecified atom stereocenters. The molecule has 0 aliphatic carbocycles. The number of H-pyrrole nitrogens is 1. The Labute approximate surface area is 129 Å². The van der Waals surface area contributed by atoms with E-state index in [2.05, 4.69) is 17.2 Å². The maximum Gasteiger partial charge on any atom is 0.256 e. The second-order valence-electron chi connectivity index (χ2n) is 5.60. The Kier molecular flexibility index (Phi) is 4.06. The molecule has 1 aliphatic heterocycles. The van der Waals surface area contributed by atoms with Crippen LogP contribution in [-0.2, 0) is 0 Å². The van der Waals surface area contributed by atoms with Crippen molar-refractivity contribution in [1.29, 1.82) is 0 Å². The van der Waals surface area contributed by atoms with E-state index in [1.54, 1.807) is 0 Å². The molecule has 1 amide bonds. The number of amides is 1. The van der Waals surface area contributed by atoms with Crippen LogP contribution in [0.15, 0.2) is 47.4 Å². The van der Waals surface area contributed by atoms with Gasteiger partial charge in [-0.3, -0.25) is 9.59 Å². The predicted octanol–water partition coefficient (Wildman–Crippen LogP) is 1.48. The number of piperazine rings is 1. The van der Waals surface area contributed by atoms with Gasteiger partial charge >= 0.3 is 0 Å². The molecular weight excluding hydrogens is 278 g/mol. The first-order chi connectivity index (χ1) is 10.6. The zero-order valence-electron chi connectivity index (χ0n) is 12.5. The van der Waals surface area contributed by atoms with Gasteiger partial charge in [0.05, 0.1) is 5.56 Å². The molecule has 1 atom stereocenters. The van der Waals surface area contributed by atoms with Crippen LogP contribution in [0.25, 0.3) is 11.1 Å². The number of hydrogen-bond acceptors (Lipinski definition) is 3. The number of hydrogen-bond donors (Lipinski definition) is 2. The molecule has 1 aromatic carbocycles. The van der Waals surface area contributed by atoms with Crippen LogP contribution in [0.2, 0.25) is 0 Å². The Hall–Kier alpha value is -2.40. The molecule has 2 N–H and O–H groups in total. The van der Waals surface area contributed by atoms with E-state index in [4.69, 9.17) is 0 Å². The second kappa shape index (κ2) is 6.15. The summed E-state index contributed by atoms with van der Waals surface area (Å²) < 4.78 is 0. The number of aromatic amines is 1. The van der Waals surface area contributed by atoms with Gasteiger partial charge in [-0.05, 0) is 12.5 Å². The third-order valence-electron chi connectivity index (χ3n) is 3.90. The molecule has 5 nitrogen and oxygen atoms in total. The monoisotopic (exact) mass is 297 g/mol. The smallest absolute Gasteiger partial charge is 0.256 e. The van der Waals surface area contributed by atoms with E-state index in [0.717, 1.165) is 12.1 Å². The molecule has 5 heteroatoms. The van der Waals surface area contributed by atoms with E-state index >= 15 is 0 Å². The quantitative estimate of drug-likeness (QED) is 0.882. The number of rotatable bonds is 2. The van der Waals surface area contributed by atoms with Crippen molar-refractivity contribution in [1.82, 2.24) is 15.2 Å². The van der Waals surface area contributed by atoms with Crippen molar-refractivity contribution in [3.05, 3.63) is 58.5 Å². The first-order valence-corrected chi connectivity index (χ1v) is 7.46. The largest absolute Gasteiger partial charge is 0.336 e. The summed E-state index contributed by atoms with van der Waals surface area (Å²) in [4.78, 5) is 29.0. The summed E-state index contributed by atoms with van der Waals surface area (Å²) in [6, 6.07) is 11.3. The average Bonchev–Trinajstić information content (AvgIpc) is 2.55. The fourth-order valence-electron chi connectivity index (χ4n) is 2.79. The molecule has 3 rings (SSSR count). The van der Waals surface area contributed by atoms with Gasteiger partial charge in [0.1, 0.15) is 0 Å². The third kappa shape index (κ3) is 2.94. The Morgan fingerprint density at radius 3 is 2.77 bits per heavy atom. The SMILES string of the molecule is C[C@@H]1CN(C(=O)c2c[nH]c(=O)cc2-c2ccccc2)CCN1. The summed E-state index contributed by atoms with van der Waals surface area (Å²) in [5, 5.41) is 3.32. The average molecular weight is 297 g/mol. The molecule has 1 aliphatic rings. The molecule has 1 saturated heterocycles. The number of nitrogens with one attached hydrogen (secondary N) is 2. The fourth-order valence-corrected chi connectivity index (χ4v) is 2.79. The second-order valence-corrected chi connectivity index (χ2v) is 5.60. The van der Waals surface area contributed by atoms with Crippen LogP contribution >= 0.6 is 0 Å². The van der Waals surface area contributed by atoms with Crippen molar-refractivity contribution in [3.63, 3.8) is 0 Å². The third-order valence-corrected chi connectivity index (χ3v) is 3.90. The first-order valence-electron chi connectivity index (χ1n) is 7.46. The summed E-state index contributed by atoms with van der Waals surface area (Å²) in [5.41, 5.74) is 1.89. The van der Waals surface area contributed by atoms with Gasteiger partial charge in [0.2, 0.25) is 5.56 Å². The maximum atomic E-state index is 12.8. The van der Waals surface area contributed by atoms with E-state index in [9.17, 15) is 9.59 Å². The maximum absolute atomic E-state index is 12.8. The Morgan fingerprint density at radius 1 is 1.27 bits per heavy atom. The number of pyridine rings is 1. The minimum Gasteiger partial charge on any atom is -0.336 e. The van der Waals surface area contributed by atoms with Gasteiger partial charge in [-0.2, -0.15) is 0 Å². The summed E-state index contributed by atoms with van der Waals surface area (Å²) in [6.45, 7) is 4.20. The van der Waals surface area contributed by atoms with Crippen molar-refractivity contribution in [3.8, 4) is 11.1 Å². The highest BCUT2D eigenvalue weighted by Gasteiger charge is 2.24. The van der Waals surface area contributed by atoms with Crippen LogP contribution in [-0.4, -0.2) is 41.5 Å². The van der Waals surface area contributed by atoms with Gasteiger partial charge in [0.15, 0.2) is 0 Å². The van der Waals surface area contributed by atoms with E-state index in [0.29, 0.717) is 24.2 Å². The zero-order chi connectivity index (χ0) is 15.5. The number of carbonyl (C=O) groups excluding carboxylic acids is 1. The fraction of sp³-hybridized carbons (Fsp3) is 0.294. The van der Waals surface area contributed by atoms with Gasteiger partial charge in [-0.25, -0.2) is 0 Å². The predicted molar refractivity (Wildman–Crippen MR) is 85.9 cm³/mol. The van der Waals surface area contributed by atoms with E-state index in [-0.39, 0.29) is 17.5 Å². The van der Waals surface area contributed by atoms with Crippen molar-refractivity contribution >= 4 is 5.91 Å². The van der Waals surface area contributed by atoms with Crippen LogP contribution in [0.1, 0.15) is 17.3 Å². The lowest BCUT2D eigenvalue weighted by molar-refractivity contribution is 0.0709. The Balaban J connectivity index is 2.00. The number of carbonyl (C=O) groups is 1. The molecule has 0 spiro atoms. The summed E-state index contributed by atoms with van der Waals surface area (Å²) >= 11 is 0. The number of nitrogens with zero attached hydrogens (tertiary/aromatic N) is 1. The highest BCUT2D eigenvalue weighted by Crippen LogP contribution is 2.23. The Bertz CT molecular complexity index is 724. The van der Waals surface area contributed by atoms with Gasteiger partial charge in [-0.15, -0.1) is 0 Å². The zero-order valence-corrected chi connectivity index (χ0v) is 12.5. The molecule has 0 radical (unpaired) electrons. The summed E-state index contributed by atoms with van der Waals surface area (Å²) in [6.07, 6.45) is 1.53. The minimum absolute atomic E-state index is 0.0385. The normalized spacial score (nSPS) is 18.2. The molecule has 1 fully saturated rings. The van der Waals surface area contributed by atoms with Crippen molar-refractivity contribution in [2.24, 2.45) is 0 Å². The molecule has 2 aromatic rings. The highest BCUT2D eigenvalue weighted by molar-refractivity contribution is 6.00. The van der Waals surface area contributed by atoms with Crippen LogP contribution in [0.4, 0.5) is 0 Å². The molecule has 0 saturated carbocycles. The topological polar surface area (TPSA) is 65.2 Å². The minimum atomic E-state index is -0.205. The van der Waals surface area contributed by atoms with Gasteiger partial charge in [-0.1, -0.05) is 30.3 Å². The van der Waals surface area contributed by atoms with Crippen LogP contribution in [0.5, 0.6) is 0 Å². The summed E-state index contributed by atoms with van der Waals surface area (Å²) in [5.74, 6) is -0.0385. The van der Waals surface area contributed by atoms with E-state index in [1.165, 1.54) is 12.3 Å². The summed E-state index contributed by atoms with van der Waals surface area (Å²) in [7, 11) is 0. The number of aromatic nitrogens is 1.